The molecule has 0 saturated carbocycles. The SMILES string of the molecule is O=C(O)c1cc([O-])c(C(=O)O)cc1[O-].O=C(O)c1cc([O-])c(C(=O)O)cc1[O-].[Ni+2].[Zn+2]. The third-order valence-electron chi connectivity index (χ3n) is 3.09. The van der Waals surface area contributed by atoms with Crippen molar-refractivity contribution in [3.63, 3.8) is 0 Å². The molecular weight excluding hydrogens is 508 g/mol. The van der Waals surface area contributed by atoms with Crippen LogP contribution in [0.1, 0.15) is 41.4 Å². The van der Waals surface area contributed by atoms with Crippen LogP contribution in [0.3, 0.4) is 0 Å². The van der Waals surface area contributed by atoms with Crippen molar-refractivity contribution in [2.24, 2.45) is 0 Å². The molecule has 0 spiro atoms. The van der Waals surface area contributed by atoms with E-state index in [-0.39, 0.29) is 36.0 Å². The third-order valence-corrected chi connectivity index (χ3v) is 3.09. The number of hydrogen-bond acceptors (Lipinski definition) is 8. The molecule has 0 amide bonds. The van der Waals surface area contributed by atoms with Crippen LogP contribution >= 0.6 is 0 Å². The predicted molar refractivity (Wildman–Crippen MR) is 78.5 cm³/mol. The van der Waals surface area contributed by atoms with Crippen LogP contribution in [0.15, 0.2) is 24.3 Å². The molecular formula is C16H8NiO12Zn. The molecule has 30 heavy (non-hydrogen) atoms. The van der Waals surface area contributed by atoms with Crippen LogP contribution in [0.2, 0.25) is 0 Å². The Morgan fingerprint density at radius 3 is 0.733 bits per heavy atom. The Hall–Kier alpha value is -3.36. The van der Waals surface area contributed by atoms with Gasteiger partial charge in [-0.25, -0.2) is 19.2 Å². The Balaban J connectivity index is 0. The second-order valence-electron chi connectivity index (χ2n) is 4.91. The number of carboxylic acid groups (broad SMARTS) is 4. The molecule has 0 fully saturated rings. The van der Waals surface area contributed by atoms with E-state index in [4.69, 9.17) is 20.4 Å². The quantitative estimate of drug-likeness (QED) is 0.338. The van der Waals surface area contributed by atoms with Crippen molar-refractivity contribution in [2.45, 2.75) is 0 Å². The van der Waals surface area contributed by atoms with Crippen molar-refractivity contribution >= 4 is 23.9 Å². The van der Waals surface area contributed by atoms with Crippen molar-refractivity contribution in [3.8, 4) is 23.0 Å². The molecule has 4 N–H and O–H groups in total. The van der Waals surface area contributed by atoms with Crippen LogP contribution in [0, 0.1) is 0 Å². The summed E-state index contributed by atoms with van der Waals surface area (Å²) < 4.78 is 0. The summed E-state index contributed by atoms with van der Waals surface area (Å²) in [4.78, 5) is 41.5. The number of hydrogen-bond donors (Lipinski definition) is 4. The van der Waals surface area contributed by atoms with Gasteiger partial charge in [-0.05, 0) is 0 Å². The summed E-state index contributed by atoms with van der Waals surface area (Å²) in [5.41, 5.74) is -2.89. The first kappa shape index (κ1) is 28.8. The van der Waals surface area contributed by atoms with E-state index in [1.165, 1.54) is 0 Å². The largest absolute Gasteiger partial charge is 2.00 e. The smallest absolute Gasteiger partial charge is 0.872 e. The summed E-state index contributed by atoms with van der Waals surface area (Å²) in [6.07, 6.45) is 0. The summed E-state index contributed by atoms with van der Waals surface area (Å²) >= 11 is 0. The number of benzene rings is 2. The first-order chi connectivity index (χ1) is 12.9. The van der Waals surface area contributed by atoms with Gasteiger partial charge < -0.3 is 40.9 Å². The molecule has 14 heteroatoms. The second-order valence-corrected chi connectivity index (χ2v) is 4.91. The minimum atomic E-state index is -1.55. The van der Waals surface area contributed by atoms with Crippen molar-refractivity contribution in [1.29, 1.82) is 0 Å². The number of aromatic carboxylic acids is 4. The summed E-state index contributed by atoms with van der Waals surface area (Å²) in [6, 6.07) is 2.03. The molecule has 0 radical (unpaired) electrons. The fraction of sp³-hybridized carbons (Fsp3) is 0. The Labute approximate surface area is 189 Å². The van der Waals surface area contributed by atoms with E-state index < -0.39 is 69.1 Å². The topological polar surface area (TPSA) is 241 Å². The fourth-order valence-corrected chi connectivity index (χ4v) is 1.79. The minimum absolute atomic E-state index is 0. The van der Waals surface area contributed by atoms with Crippen molar-refractivity contribution in [1.82, 2.24) is 0 Å². The van der Waals surface area contributed by atoms with Crippen LogP contribution in [-0.2, 0) is 36.0 Å². The summed E-state index contributed by atoms with van der Waals surface area (Å²) in [6.45, 7) is 0. The molecule has 0 bridgehead atoms. The molecule has 156 valence electrons. The zero-order chi connectivity index (χ0) is 21.8. The fourth-order valence-electron chi connectivity index (χ4n) is 1.79. The molecule has 0 unspecified atom stereocenters. The van der Waals surface area contributed by atoms with E-state index in [0.717, 1.165) is 0 Å². The van der Waals surface area contributed by atoms with Crippen LogP contribution in [0.25, 0.3) is 0 Å². The number of carboxylic acids is 4. The molecule has 2 aromatic rings. The Morgan fingerprint density at radius 2 is 0.633 bits per heavy atom. The molecule has 2 rings (SSSR count). The van der Waals surface area contributed by atoms with Gasteiger partial charge in [-0.3, -0.25) is 0 Å². The van der Waals surface area contributed by atoms with Gasteiger partial charge in [0.1, 0.15) is 0 Å². The molecule has 0 aliphatic carbocycles. The third kappa shape index (κ3) is 6.91. The van der Waals surface area contributed by atoms with Gasteiger partial charge in [0.05, 0.1) is 22.3 Å². The van der Waals surface area contributed by atoms with Gasteiger partial charge in [0.25, 0.3) is 0 Å². The number of carbonyl (C=O) groups is 4. The monoisotopic (exact) mass is 514 g/mol. The summed E-state index contributed by atoms with van der Waals surface area (Å²) in [5.74, 6) is -10.2. The molecule has 0 heterocycles. The van der Waals surface area contributed by atoms with Gasteiger partial charge in [-0.15, -0.1) is 0 Å². The molecule has 0 aliphatic heterocycles. The van der Waals surface area contributed by atoms with Gasteiger partial charge >= 0.3 is 59.8 Å². The van der Waals surface area contributed by atoms with Crippen LogP contribution < -0.4 is 20.4 Å². The van der Waals surface area contributed by atoms with Gasteiger partial charge in [-0.1, -0.05) is 47.3 Å². The maximum Gasteiger partial charge on any atom is 2.00 e. The van der Waals surface area contributed by atoms with Gasteiger partial charge in [-0.2, -0.15) is 0 Å². The van der Waals surface area contributed by atoms with Crippen LogP contribution in [0.5, 0.6) is 23.0 Å². The molecule has 0 atom stereocenters. The molecule has 0 aromatic heterocycles. The van der Waals surface area contributed by atoms with Crippen molar-refractivity contribution < 1.29 is 96.0 Å². The van der Waals surface area contributed by atoms with Crippen LogP contribution in [0.4, 0.5) is 0 Å². The van der Waals surface area contributed by atoms with E-state index in [9.17, 15) is 39.6 Å². The van der Waals surface area contributed by atoms with Gasteiger partial charge in [0.15, 0.2) is 0 Å². The van der Waals surface area contributed by atoms with Crippen molar-refractivity contribution in [2.75, 3.05) is 0 Å². The predicted octanol–water partition coefficient (Wildman–Crippen LogP) is -1.54. The van der Waals surface area contributed by atoms with Crippen LogP contribution in [-0.4, -0.2) is 44.3 Å². The van der Waals surface area contributed by atoms with E-state index in [1.54, 1.807) is 0 Å². The maximum absolute atomic E-state index is 11.0. The van der Waals surface area contributed by atoms with E-state index >= 15 is 0 Å². The van der Waals surface area contributed by atoms with Gasteiger partial charge in [0.2, 0.25) is 0 Å². The molecule has 12 nitrogen and oxygen atoms in total. The zero-order valence-electron chi connectivity index (χ0n) is 14.4. The normalized spacial score (nSPS) is 9.07. The minimum Gasteiger partial charge on any atom is -0.872 e. The molecule has 2 aromatic carbocycles. The first-order valence-corrected chi connectivity index (χ1v) is 6.84. The molecule has 0 aliphatic rings. The Bertz CT molecular complexity index is 830. The van der Waals surface area contributed by atoms with E-state index in [0.29, 0.717) is 24.3 Å². The summed E-state index contributed by atoms with van der Waals surface area (Å²) in [7, 11) is 0. The maximum atomic E-state index is 11.0. The standard InChI is InChI=1S/2C8H6O6.Ni.Zn/c2*9-5-1-3(7(11)12)6(10)2-4(5)8(13)14;;/h2*1-2,9-10H,(H,11,12)(H,13,14);;/q;;2*+2/p-4. The Morgan fingerprint density at radius 1 is 0.500 bits per heavy atom. The first-order valence-electron chi connectivity index (χ1n) is 6.84. The zero-order valence-corrected chi connectivity index (χ0v) is 18.3. The average molecular weight is 516 g/mol. The Kier molecular flexibility index (Phi) is 11.1. The molecule has 0 saturated heterocycles. The average Bonchev–Trinajstić information content (AvgIpc) is 2.57. The van der Waals surface area contributed by atoms with Gasteiger partial charge in [0, 0.05) is 0 Å². The van der Waals surface area contributed by atoms with E-state index in [1.807, 2.05) is 0 Å². The number of rotatable bonds is 4. The van der Waals surface area contributed by atoms with E-state index in [2.05, 4.69) is 0 Å². The van der Waals surface area contributed by atoms with Crippen molar-refractivity contribution in [3.05, 3.63) is 46.5 Å². The second kappa shape index (κ2) is 11.6. The summed E-state index contributed by atoms with van der Waals surface area (Å²) in [5, 5.41) is 77.6.